The lowest BCUT2D eigenvalue weighted by atomic mass is 9.82. The monoisotopic (exact) mass is 414 g/mol. The van der Waals surface area contributed by atoms with E-state index in [9.17, 15) is 4.79 Å². The zero-order chi connectivity index (χ0) is 21.4. The summed E-state index contributed by atoms with van der Waals surface area (Å²) in [5, 5.41) is 4.51. The molecule has 0 radical (unpaired) electrons. The first-order valence-corrected chi connectivity index (χ1v) is 10.6. The van der Waals surface area contributed by atoms with Gasteiger partial charge >= 0.3 is 0 Å². The number of nitrogens with two attached hydrogens (primary N) is 1. The number of primary amides is 1. The highest BCUT2D eigenvalue weighted by atomic mass is 16.5. The average Bonchev–Trinajstić information content (AvgIpc) is 3.39. The largest absolute Gasteiger partial charge is 0.367 e. The van der Waals surface area contributed by atoms with E-state index >= 15 is 0 Å². The van der Waals surface area contributed by atoms with Crippen LogP contribution < -0.4 is 5.73 Å². The lowest BCUT2D eigenvalue weighted by Crippen LogP contribution is -2.42. The van der Waals surface area contributed by atoms with Crippen LogP contribution in [0.15, 0.2) is 67.5 Å². The summed E-state index contributed by atoms with van der Waals surface area (Å²) in [5.41, 5.74) is 10.4. The Bertz CT molecular complexity index is 1110. The van der Waals surface area contributed by atoms with Crippen molar-refractivity contribution in [1.29, 1.82) is 0 Å². The molecule has 0 aliphatic carbocycles. The number of hydrogen-bond donors (Lipinski definition) is 1. The van der Waals surface area contributed by atoms with Crippen LogP contribution in [0, 0.1) is 0 Å². The maximum absolute atomic E-state index is 12.0. The van der Waals surface area contributed by atoms with Crippen molar-refractivity contribution in [3.63, 3.8) is 0 Å². The summed E-state index contributed by atoms with van der Waals surface area (Å²) < 4.78 is 8.24. The van der Waals surface area contributed by atoms with Gasteiger partial charge in [-0.3, -0.25) is 9.69 Å². The molecule has 1 spiro atoms. The number of carbonyl (C=O) groups is 1. The van der Waals surface area contributed by atoms with Gasteiger partial charge in [0, 0.05) is 31.4 Å². The SMILES string of the molecule is C=Cc1ccc2c(c1)C1(CCN(Cc3cnn(-c4ccccc4)c3)CC1)OC2C(N)=O. The Balaban J connectivity index is 1.31. The minimum Gasteiger partial charge on any atom is -0.367 e. The molecule has 31 heavy (non-hydrogen) atoms. The van der Waals surface area contributed by atoms with Gasteiger partial charge in [-0.1, -0.05) is 43.0 Å². The average molecular weight is 415 g/mol. The fourth-order valence-corrected chi connectivity index (χ4v) is 4.77. The molecular weight excluding hydrogens is 388 g/mol. The molecule has 1 unspecified atom stereocenters. The standard InChI is InChI=1S/C25H26N4O2/c1-2-18-8-9-21-22(14-18)25(31-23(21)24(26)30)10-12-28(13-11-25)16-19-15-27-29(17-19)20-6-4-3-5-7-20/h2-9,14-15,17,23H,1,10-13,16H2,(H2,26,30). The predicted molar refractivity (Wildman–Crippen MR) is 119 cm³/mol. The number of likely N-dealkylation sites (tertiary alicyclic amines) is 1. The maximum atomic E-state index is 12.0. The molecule has 1 amide bonds. The van der Waals surface area contributed by atoms with Crippen LogP contribution >= 0.6 is 0 Å². The van der Waals surface area contributed by atoms with Crippen molar-refractivity contribution in [2.45, 2.75) is 31.1 Å². The third-order valence-electron chi connectivity index (χ3n) is 6.41. The fraction of sp³-hybridized carbons (Fsp3) is 0.280. The Labute approximate surface area is 181 Å². The fourth-order valence-electron chi connectivity index (χ4n) is 4.77. The molecule has 0 saturated carbocycles. The van der Waals surface area contributed by atoms with E-state index in [1.165, 1.54) is 5.56 Å². The van der Waals surface area contributed by atoms with Crippen molar-refractivity contribution in [3.8, 4) is 5.69 Å². The van der Waals surface area contributed by atoms with E-state index in [2.05, 4.69) is 28.8 Å². The molecule has 1 atom stereocenters. The normalized spacial score (nSPS) is 19.9. The molecule has 2 aliphatic rings. The first-order chi connectivity index (χ1) is 15.1. The van der Waals surface area contributed by atoms with Crippen molar-refractivity contribution in [1.82, 2.24) is 14.7 Å². The van der Waals surface area contributed by atoms with Gasteiger partial charge in [0.2, 0.25) is 0 Å². The summed E-state index contributed by atoms with van der Waals surface area (Å²) in [5.74, 6) is -0.430. The molecule has 3 heterocycles. The highest BCUT2D eigenvalue weighted by Gasteiger charge is 2.48. The summed E-state index contributed by atoms with van der Waals surface area (Å²) in [6, 6.07) is 16.1. The van der Waals surface area contributed by atoms with Crippen molar-refractivity contribution in [3.05, 3.63) is 89.8 Å². The van der Waals surface area contributed by atoms with Gasteiger partial charge in [0.05, 0.1) is 17.5 Å². The van der Waals surface area contributed by atoms with Gasteiger partial charge in [-0.15, -0.1) is 0 Å². The maximum Gasteiger partial charge on any atom is 0.251 e. The van der Waals surface area contributed by atoms with Crippen molar-refractivity contribution in [2.24, 2.45) is 5.73 Å². The summed E-state index contributed by atoms with van der Waals surface area (Å²) >= 11 is 0. The second kappa shape index (κ2) is 7.80. The topological polar surface area (TPSA) is 73.4 Å². The van der Waals surface area contributed by atoms with Crippen molar-refractivity contribution >= 4 is 12.0 Å². The molecule has 1 aromatic heterocycles. The number of para-hydroxylation sites is 1. The molecule has 1 fully saturated rings. The Hall–Kier alpha value is -3.22. The summed E-state index contributed by atoms with van der Waals surface area (Å²) in [6.45, 7) is 6.46. The van der Waals surface area contributed by atoms with Crippen molar-refractivity contribution < 1.29 is 9.53 Å². The number of benzene rings is 2. The number of piperidine rings is 1. The van der Waals surface area contributed by atoms with Crippen LogP contribution in [0.25, 0.3) is 11.8 Å². The van der Waals surface area contributed by atoms with Crippen molar-refractivity contribution in [2.75, 3.05) is 13.1 Å². The molecule has 2 N–H and O–H groups in total. The smallest absolute Gasteiger partial charge is 0.251 e. The van der Waals surface area contributed by atoms with Gasteiger partial charge < -0.3 is 10.5 Å². The lowest BCUT2D eigenvalue weighted by molar-refractivity contribution is -0.148. The highest BCUT2D eigenvalue weighted by Crippen LogP contribution is 2.49. The number of aromatic nitrogens is 2. The summed E-state index contributed by atoms with van der Waals surface area (Å²) in [4.78, 5) is 14.4. The van der Waals surface area contributed by atoms with Crippen LogP contribution in [0.2, 0.25) is 0 Å². The molecule has 6 heteroatoms. The first-order valence-electron chi connectivity index (χ1n) is 10.6. The first kappa shape index (κ1) is 19.7. The van der Waals surface area contributed by atoms with Crippen LogP contribution in [-0.4, -0.2) is 33.7 Å². The second-order valence-electron chi connectivity index (χ2n) is 8.35. The molecule has 1 saturated heterocycles. The van der Waals surface area contributed by atoms with Gasteiger partial charge in [0.25, 0.3) is 5.91 Å². The minimum atomic E-state index is -0.676. The lowest BCUT2D eigenvalue weighted by Gasteiger charge is -2.39. The highest BCUT2D eigenvalue weighted by molar-refractivity contribution is 5.82. The Morgan fingerprint density at radius 1 is 1.23 bits per heavy atom. The zero-order valence-electron chi connectivity index (χ0n) is 17.4. The number of amides is 1. The van der Waals surface area contributed by atoms with E-state index < -0.39 is 17.6 Å². The number of rotatable bonds is 5. The third kappa shape index (κ3) is 3.58. The Morgan fingerprint density at radius 3 is 2.71 bits per heavy atom. The van der Waals surface area contributed by atoms with Gasteiger partial charge in [-0.25, -0.2) is 4.68 Å². The van der Waals surface area contributed by atoms with Crippen LogP contribution in [0.5, 0.6) is 0 Å². The van der Waals surface area contributed by atoms with Crippen LogP contribution in [0.4, 0.5) is 0 Å². The van der Waals surface area contributed by atoms with E-state index in [0.29, 0.717) is 0 Å². The number of nitrogens with zero attached hydrogens (tertiary/aromatic N) is 3. The number of hydrogen-bond acceptors (Lipinski definition) is 4. The molecular formula is C25H26N4O2. The predicted octanol–water partition coefficient (Wildman–Crippen LogP) is 3.56. The summed E-state index contributed by atoms with van der Waals surface area (Å²) in [6.07, 6.45) is 6.79. The molecule has 2 aromatic carbocycles. The van der Waals surface area contributed by atoms with Gasteiger partial charge in [0.1, 0.15) is 0 Å². The van der Waals surface area contributed by atoms with Crippen LogP contribution in [0.3, 0.4) is 0 Å². The van der Waals surface area contributed by atoms with Gasteiger partial charge in [0.15, 0.2) is 6.10 Å². The third-order valence-corrected chi connectivity index (χ3v) is 6.41. The quantitative estimate of drug-likeness (QED) is 0.693. The van der Waals surface area contributed by atoms with Crippen LogP contribution in [0.1, 0.15) is 41.2 Å². The minimum absolute atomic E-state index is 0.430. The summed E-state index contributed by atoms with van der Waals surface area (Å²) in [7, 11) is 0. The Morgan fingerprint density at radius 2 is 2.00 bits per heavy atom. The van der Waals surface area contributed by atoms with Gasteiger partial charge in [-0.05, 0) is 47.7 Å². The molecule has 2 aliphatic heterocycles. The number of ether oxygens (including phenoxy) is 1. The molecule has 0 bridgehead atoms. The van der Waals surface area contributed by atoms with Crippen LogP contribution in [-0.2, 0) is 21.7 Å². The van der Waals surface area contributed by atoms with E-state index in [1.54, 1.807) is 0 Å². The van der Waals surface area contributed by atoms with Gasteiger partial charge in [-0.2, -0.15) is 5.10 Å². The molecule has 158 valence electrons. The zero-order valence-corrected chi connectivity index (χ0v) is 17.4. The molecule has 5 rings (SSSR count). The van der Waals surface area contributed by atoms with E-state index in [0.717, 1.165) is 54.9 Å². The number of carbonyl (C=O) groups excluding carboxylic acids is 1. The van der Waals surface area contributed by atoms with E-state index in [1.807, 2.05) is 59.4 Å². The van der Waals surface area contributed by atoms with E-state index in [4.69, 9.17) is 10.5 Å². The Kier molecular flexibility index (Phi) is 4.96. The van der Waals surface area contributed by atoms with E-state index in [-0.39, 0.29) is 0 Å². The number of fused-ring (bicyclic) bond motifs is 2. The second-order valence-corrected chi connectivity index (χ2v) is 8.35. The molecule has 6 nitrogen and oxygen atoms in total. The molecule has 3 aromatic rings.